The zero-order chi connectivity index (χ0) is 12.7. The lowest BCUT2D eigenvalue weighted by Gasteiger charge is -2.14. The third kappa shape index (κ3) is 4.68. The number of carboxylic acid groups (broad SMARTS) is 1. The molecule has 0 aliphatic rings. The first-order valence-corrected chi connectivity index (χ1v) is 5.55. The zero-order valence-corrected chi connectivity index (χ0v) is 9.76. The Morgan fingerprint density at radius 3 is 2.41 bits per heavy atom. The number of rotatable bonds is 6. The highest BCUT2D eigenvalue weighted by atomic mass is 16.5. The number of carboxylic acids is 1. The largest absolute Gasteiger partial charge is 0.481 e. The Labute approximate surface area is 100 Å². The van der Waals surface area contributed by atoms with Crippen LogP contribution in [0.1, 0.15) is 31.2 Å². The highest BCUT2D eigenvalue weighted by Gasteiger charge is 2.19. The molecule has 0 unspecified atom stereocenters. The van der Waals surface area contributed by atoms with Crippen LogP contribution in [-0.2, 0) is 14.3 Å². The van der Waals surface area contributed by atoms with Gasteiger partial charge in [-0.2, -0.15) is 0 Å². The molecular weight excluding hydrogens is 220 g/mol. The van der Waals surface area contributed by atoms with Crippen molar-refractivity contribution in [1.29, 1.82) is 0 Å². The van der Waals surface area contributed by atoms with Crippen molar-refractivity contribution in [3.63, 3.8) is 0 Å². The number of benzene rings is 1. The number of carbonyl (C=O) groups is 2. The van der Waals surface area contributed by atoms with Gasteiger partial charge in [0.2, 0.25) is 0 Å². The fourth-order valence-electron chi connectivity index (χ4n) is 1.66. The number of aliphatic carboxylic acids is 1. The minimum Gasteiger partial charge on any atom is -0.481 e. The number of carbonyl (C=O) groups excluding carboxylic acids is 1. The zero-order valence-electron chi connectivity index (χ0n) is 9.76. The summed E-state index contributed by atoms with van der Waals surface area (Å²) in [5.74, 6) is -1.60. The van der Waals surface area contributed by atoms with E-state index in [-0.39, 0.29) is 24.7 Å². The van der Waals surface area contributed by atoms with Gasteiger partial charge in [-0.25, -0.2) is 0 Å². The maximum atomic E-state index is 11.4. The number of ether oxygens (including phenoxy) is 1. The molecule has 0 heterocycles. The van der Waals surface area contributed by atoms with Crippen LogP contribution in [0.4, 0.5) is 0 Å². The molecule has 1 rings (SSSR count). The molecule has 1 N–H and O–H groups in total. The van der Waals surface area contributed by atoms with E-state index in [4.69, 9.17) is 9.84 Å². The van der Waals surface area contributed by atoms with Gasteiger partial charge in [-0.3, -0.25) is 9.59 Å². The van der Waals surface area contributed by atoms with E-state index in [0.29, 0.717) is 6.61 Å². The molecule has 0 radical (unpaired) electrons. The predicted molar refractivity (Wildman–Crippen MR) is 62.7 cm³/mol. The van der Waals surface area contributed by atoms with Crippen LogP contribution >= 0.6 is 0 Å². The van der Waals surface area contributed by atoms with Gasteiger partial charge in [-0.1, -0.05) is 30.3 Å². The lowest BCUT2D eigenvalue weighted by molar-refractivity contribution is -0.144. The summed E-state index contributed by atoms with van der Waals surface area (Å²) in [7, 11) is 0. The van der Waals surface area contributed by atoms with Gasteiger partial charge in [-0.15, -0.1) is 0 Å². The summed E-state index contributed by atoms with van der Waals surface area (Å²) in [5.41, 5.74) is 0.850. The normalized spacial score (nSPS) is 11.8. The topological polar surface area (TPSA) is 63.6 Å². The maximum Gasteiger partial charge on any atom is 0.306 e. The molecule has 0 fully saturated rings. The maximum absolute atomic E-state index is 11.4. The Morgan fingerprint density at radius 2 is 1.88 bits per heavy atom. The smallest absolute Gasteiger partial charge is 0.306 e. The first kappa shape index (κ1) is 13.2. The van der Waals surface area contributed by atoms with E-state index < -0.39 is 5.97 Å². The molecule has 92 valence electrons. The Hall–Kier alpha value is -1.84. The van der Waals surface area contributed by atoms with Crippen LogP contribution in [0.25, 0.3) is 0 Å². The van der Waals surface area contributed by atoms with Crippen molar-refractivity contribution >= 4 is 11.9 Å². The minimum absolute atomic E-state index is 0.0666. The fraction of sp³-hybridized carbons (Fsp3) is 0.385. The van der Waals surface area contributed by atoms with E-state index in [0.717, 1.165) is 5.56 Å². The second-order valence-electron chi connectivity index (χ2n) is 3.71. The van der Waals surface area contributed by atoms with E-state index in [9.17, 15) is 9.59 Å². The number of hydrogen-bond acceptors (Lipinski definition) is 3. The summed E-state index contributed by atoms with van der Waals surface area (Å²) >= 11 is 0. The van der Waals surface area contributed by atoms with E-state index in [1.165, 1.54) is 0 Å². The van der Waals surface area contributed by atoms with Gasteiger partial charge in [0.1, 0.15) is 0 Å². The first-order valence-electron chi connectivity index (χ1n) is 5.55. The van der Waals surface area contributed by atoms with Crippen LogP contribution in [0.5, 0.6) is 0 Å². The van der Waals surface area contributed by atoms with Gasteiger partial charge in [0, 0.05) is 5.92 Å². The molecule has 0 aliphatic carbocycles. The molecule has 0 aromatic heterocycles. The third-order valence-corrected chi connectivity index (χ3v) is 2.41. The van der Waals surface area contributed by atoms with Crippen LogP contribution in [-0.4, -0.2) is 23.7 Å². The van der Waals surface area contributed by atoms with E-state index in [2.05, 4.69) is 0 Å². The average molecular weight is 236 g/mol. The van der Waals surface area contributed by atoms with Crippen molar-refractivity contribution in [1.82, 2.24) is 0 Å². The summed E-state index contributed by atoms with van der Waals surface area (Å²) < 4.78 is 4.84. The van der Waals surface area contributed by atoms with Gasteiger partial charge in [0.25, 0.3) is 0 Å². The quantitative estimate of drug-likeness (QED) is 0.769. The van der Waals surface area contributed by atoms with E-state index in [1.54, 1.807) is 6.92 Å². The van der Waals surface area contributed by atoms with Crippen molar-refractivity contribution in [2.75, 3.05) is 6.61 Å². The molecule has 4 nitrogen and oxygen atoms in total. The van der Waals surface area contributed by atoms with Crippen LogP contribution in [0, 0.1) is 0 Å². The summed E-state index contributed by atoms with van der Waals surface area (Å²) in [5, 5.41) is 8.84. The highest BCUT2D eigenvalue weighted by Crippen LogP contribution is 2.23. The van der Waals surface area contributed by atoms with Crippen LogP contribution in [0.3, 0.4) is 0 Å². The molecule has 1 atom stereocenters. The lowest BCUT2D eigenvalue weighted by atomic mass is 9.93. The lowest BCUT2D eigenvalue weighted by Crippen LogP contribution is -2.13. The molecule has 0 amide bonds. The average Bonchev–Trinajstić information content (AvgIpc) is 2.29. The van der Waals surface area contributed by atoms with Crippen molar-refractivity contribution in [2.24, 2.45) is 0 Å². The number of hydrogen-bond donors (Lipinski definition) is 1. The number of esters is 1. The summed E-state index contributed by atoms with van der Waals surface area (Å²) in [6.45, 7) is 2.04. The SMILES string of the molecule is CCOC(=O)C[C@H](CC(=O)O)c1ccccc1. The molecule has 1 aromatic rings. The molecule has 1 aromatic carbocycles. The summed E-state index contributed by atoms with van der Waals surface area (Å²) in [6, 6.07) is 9.16. The van der Waals surface area contributed by atoms with E-state index in [1.807, 2.05) is 30.3 Å². The standard InChI is InChI=1S/C13H16O4/c1-2-17-13(16)9-11(8-12(14)15)10-6-4-3-5-7-10/h3-7,11H,2,8-9H2,1H3,(H,14,15)/t11-/m0/s1. The summed E-state index contributed by atoms with van der Waals surface area (Å²) in [4.78, 5) is 22.2. The second kappa shape index (κ2) is 6.68. The van der Waals surface area contributed by atoms with Crippen LogP contribution in [0.2, 0.25) is 0 Å². The van der Waals surface area contributed by atoms with Gasteiger partial charge < -0.3 is 9.84 Å². The van der Waals surface area contributed by atoms with Crippen molar-refractivity contribution in [3.05, 3.63) is 35.9 Å². The van der Waals surface area contributed by atoms with Crippen molar-refractivity contribution in [2.45, 2.75) is 25.7 Å². The molecule has 17 heavy (non-hydrogen) atoms. The van der Waals surface area contributed by atoms with Gasteiger partial charge in [-0.05, 0) is 12.5 Å². The molecule has 0 aliphatic heterocycles. The Bertz CT molecular complexity index is 372. The molecule has 0 spiro atoms. The Morgan fingerprint density at radius 1 is 1.24 bits per heavy atom. The Kier molecular flexibility index (Phi) is 5.20. The van der Waals surface area contributed by atoms with Crippen LogP contribution in [0.15, 0.2) is 30.3 Å². The van der Waals surface area contributed by atoms with Gasteiger partial charge in [0.15, 0.2) is 0 Å². The van der Waals surface area contributed by atoms with Crippen molar-refractivity contribution < 1.29 is 19.4 Å². The monoisotopic (exact) mass is 236 g/mol. The first-order chi connectivity index (χ1) is 8.13. The molecule has 4 heteroatoms. The van der Waals surface area contributed by atoms with E-state index >= 15 is 0 Å². The second-order valence-corrected chi connectivity index (χ2v) is 3.71. The minimum atomic E-state index is -0.914. The molecule has 0 bridgehead atoms. The third-order valence-electron chi connectivity index (χ3n) is 2.41. The molecule has 0 saturated heterocycles. The van der Waals surface area contributed by atoms with Gasteiger partial charge >= 0.3 is 11.9 Å². The van der Waals surface area contributed by atoms with Crippen molar-refractivity contribution in [3.8, 4) is 0 Å². The molecule has 0 saturated carbocycles. The molecular formula is C13H16O4. The van der Waals surface area contributed by atoms with Gasteiger partial charge in [0.05, 0.1) is 19.4 Å². The fourth-order valence-corrected chi connectivity index (χ4v) is 1.66. The summed E-state index contributed by atoms with van der Waals surface area (Å²) in [6.07, 6.45) is 0.0347. The highest BCUT2D eigenvalue weighted by molar-refractivity contribution is 5.73. The predicted octanol–water partition coefficient (Wildman–Crippen LogP) is 2.20. The Balaban J connectivity index is 2.74. The van der Waals surface area contributed by atoms with Crippen LogP contribution < -0.4 is 0 Å².